The minimum atomic E-state index is -0.472. The van der Waals surface area contributed by atoms with Gasteiger partial charge in [-0.15, -0.1) is 0 Å². The SMILES string of the molecule is C[C@@H](NCCC1CN(C(=O)OC(C)(C)C)CCO1)c1cccc2ccccc12. The normalized spacial score (nSPS) is 18.9. The van der Waals surface area contributed by atoms with Gasteiger partial charge in [0.15, 0.2) is 0 Å². The maximum atomic E-state index is 12.3. The molecule has 0 aliphatic carbocycles. The number of hydrogen-bond donors (Lipinski definition) is 1. The van der Waals surface area contributed by atoms with Crippen LogP contribution < -0.4 is 5.32 Å². The van der Waals surface area contributed by atoms with Gasteiger partial charge in [-0.25, -0.2) is 4.79 Å². The standard InChI is InChI=1S/C23H32N2O3/c1-17(20-11-7-9-18-8-5-6-10-21(18)20)24-13-12-19-16-25(14-15-27-19)22(26)28-23(2,3)4/h5-11,17,19,24H,12-16H2,1-4H3/t17-,19?/m1/s1. The van der Waals surface area contributed by atoms with Crippen molar-refractivity contribution in [3.63, 3.8) is 0 Å². The number of benzene rings is 2. The zero-order valence-electron chi connectivity index (χ0n) is 17.4. The van der Waals surface area contributed by atoms with Crippen LogP contribution in [0.5, 0.6) is 0 Å². The first kappa shape index (κ1) is 20.6. The van der Waals surface area contributed by atoms with Crippen LogP contribution in [0.3, 0.4) is 0 Å². The molecule has 1 N–H and O–H groups in total. The molecular formula is C23H32N2O3. The second-order valence-corrected chi connectivity index (χ2v) is 8.45. The average molecular weight is 385 g/mol. The number of hydrogen-bond acceptors (Lipinski definition) is 4. The summed E-state index contributed by atoms with van der Waals surface area (Å²) in [5, 5.41) is 6.15. The van der Waals surface area contributed by atoms with E-state index in [1.807, 2.05) is 20.8 Å². The summed E-state index contributed by atoms with van der Waals surface area (Å²) in [6.07, 6.45) is 0.639. The van der Waals surface area contributed by atoms with Gasteiger partial charge in [-0.3, -0.25) is 0 Å². The number of carbonyl (C=O) groups excluding carboxylic acids is 1. The van der Waals surface area contributed by atoms with Gasteiger partial charge in [-0.05, 0) is 57.0 Å². The Morgan fingerprint density at radius 3 is 2.79 bits per heavy atom. The Balaban J connectivity index is 1.51. The fraction of sp³-hybridized carbons (Fsp3) is 0.522. The number of carbonyl (C=O) groups is 1. The Morgan fingerprint density at radius 1 is 1.25 bits per heavy atom. The predicted octanol–water partition coefficient (Wildman–Crippen LogP) is 4.52. The number of nitrogens with one attached hydrogen (secondary N) is 1. The molecule has 0 spiro atoms. The van der Waals surface area contributed by atoms with Gasteiger partial charge in [0.25, 0.3) is 0 Å². The highest BCUT2D eigenvalue weighted by Gasteiger charge is 2.28. The van der Waals surface area contributed by atoms with E-state index >= 15 is 0 Å². The number of rotatable bonds is 5. The lowest BCUT2D eigenvalue weighted by Gasteiger charge is -2.34. The fourth-order valence-electron chi connectivity index (χ4n) is 3.59. The molecule has 1 aliphatic heterocycles. The number of morpholine rings is 1. The summed E-state index contributed by atoms with van der Waals surface area (Å²) in [6, 6.07) is 15.2. The van der Waals surface area contributed by atoms with Crippen LogP contribution in [0.1, 0.15) is 45.7 Å². The van der Waals surface area contributed by atoms with Crippen LogP contribution in [0.15, 0.2) is 42.5 Å². The molecule has 5 nitrogen and oxygen atoms in total. The van der Waals surface area contributed by atoms with E-state index in [4.69, 9.17) is 9.47 Å². The van der Waals surface area contributed by atoms with Crippen LogP contribution in [0.2, 0.25) is 0 Å². The topological polar surface area (TPSA) is 50.8 Å². The van der Waals surface area contributed by atoms with Crippen molar-refractivity contribution < 1.29 is 14.3 Å². The van der Waals surface area contributed by atoms with E-state index in [1.165, 1.54) is 16.3 Å². The molecule has 5 heteroatoms. The molecule has 0 aromatic heterocycles. The summed E-state index contributed by atoms with van der Waals surface area (Å²) in [4.78, 5) is 14.0. The van der Waals surface area contributed by atoms with Gasteiger partial charge in [0, 0.05) is 12.6 Å². The third kappa shape index (κ3) is 5.46. The van der Waals surface area contributed by atoms with E-state index in [9.17, 15) is 4.79 Å². The number of amides is 1. The molecular weight excluding hydrogens is 352 g/mol. The Labute approximate surface area is 168 Å². The van der Waals surface area contributed by atoms with Gasteiger partial charge in [0.1, 0.15) is 5.60 Å². The Kier molecular flexibility index (Phi) is 6.57. The molecule has 0 radical (unpaired) electrons. The van der Waals surface area contributed by atoms with Crippen LogP contribution in [-0.2, 0) is 9.47 Å². The average Bonchev–Trinajstić information content (AvgIpc) is 2.66. The van der Waals surface area contributed by atoms with Crippen molar-refractivity contribution in [3.8, 4) is 0 Å². The summed E-state index contributed by atoms with van der Waals surface area (Å²) in [7, 11) is 0. The van der Waals surface area contributed by atoms with Gasteiger partial charge in [-0.2, -0.15) is 0 Å². The van der Waals surface area contributed by atoms with E-state index < -0.39 is 5.60 Å². The van der Waals surface area contributed by atoms with E-state index in [1.54, 1.807) is 4.90 Å². The Hall–Kier alpha value is -2.11. The predicted molar refractivity (Wildman–Crippen MR) is 113 cm³/mol. The molecule has 1 fully saturated rings. The summed E-state index contributed by atoms with van der Waals surface area (Å²) in [5.41, 5.74) is 0.832. The monoisotopic (exact) mass is 384 g/mol. The molecule has 1 aliphatic rings. The minimum Gasteiger partial charge on any atom is -0.444 e. The number of ether oxygens (including phenoxy) is 2. The van der Waals surface area contributed by atoms with Crippen LogP contribution in [-0.4, -0.2) is 48.9 Å². The molecule has 1 saturated heterocycles. The highest BCUT2D eigenvalue weighted by Crippen LogP contribution is 2.24. The largest absolute Gasteiger partial charge is 0.444 e. The van der Waals surface area contributed by atoms with Crippen molar-refractivity contribution in [2.45, 2.75) is 51.9 Å². The molecule has 1 heterocycles. The van der Waals surface area contributed by atoms with Crippen molar-refractivity contribution in [1.29, 1.82) is 0 Å². The highest BCUT2D eigenvalue weighted by molar-refractivity contribution is 5.86. The molecule has 0 bridgehead atoms. The van der Waals surface area contributed by atoms with Crippen LogP contribution in [0.25, 0.3) is 10.8 Å². The first-order valence-corrected chi connectivity index (χ1v) is 10.1. The third-order valence-corrected chi connectivity index (χ3v) is 5.00. The van der Waals surface area contributed by atoms with Crippen molar-refractivity contribution in [2.24, 2.45) is 0 Å². The Morgan fingerprint density at radius 2 is 2.00 bits per heavy atom. The van der Waals surface area contributed by atoms with Crippen LogP contribution in [0.4, 0.5) is 4.79 Å². The van der Waals surface area contributed by atoms with E-state index in [2.05, 4.69) is 54.7 Å². The summed E-state index contributed by atoms with van der Waals surface area (Å²) in [5.74, 6) is 0. The van der Waals surface area contributed by atoms with Crippen LogP contribution in [0, 0.1) is 0 Å². The molecule has 3 rings (SSSR count). The molecule has 2 atom stereocenters. The fourth-order valence-corrected chi connectivity index (χ4v) is 3.59. The van der Waals surface area contributed by atoms with Crippen molar-refractivity contribution in [3.05, 3.63) is 48.0 Å². The van der Waals surface area contributed by atoms with Crippen molar-refractivity contribution >= 4 is 16.9 Å². The summed E-state index contributed by atoms with van der Waals surface area (Å²) in [6.45, 7) is 10.4. The van der Waals surface area contributed by atoms with Crippen molar-refractivity contribution in [1.82, 2.24) is 10.2 Å². The zero-order valence-corrected chi connectivity index (χ0v) is 17.4. The molecule has 1 amide bonds. The molecule has 0 saturated carbocycles. The maximum Gasteiger partial charge on any atom is 0.410 e. The first-order valence-electron chi connectivity index (χ1n) is 10.1. The lowest BCUT2D eigenvalue weighted by molar-refractivity contribution is -0.0443. The van der Waals surface area contributed by atoms with Gasteiger partial charge >= 0.3 is 6.09 Å². The first-order chi connectivity index (χ1) is 13.3. The molecule has 2 aromatic rings. The number of nitrogens with zero attached hydrogens (tertiary/aromatic N) is 1. The van der Waals surface area contributed by atoms with Gasteiger partial charge in [-0.1, -0.05) is 42.5 Å². The van der Waals surface area contributed by atoms with E-state index in [0.717, 1.165) is 13.0 Å². The van der Waals surface area contributed by atoms with Gasteiger partial charge in [0.2, 0.25) is 0 Å². The van der Waals surface area contributed by atoms with Gasteiger partial charge < -0.3 is 19.7 Å². The third-order valence-electron chi connectivity index (χ3n) is 5.00. The van der Waals surface area contributed by atoms with E-state index in [-0.39, 0.29) is 18.2 Å². The second kappa shape index (κ2) is 8.93. The smallest absolute Gasteiger partial charge is 0.410 e. The lowest BCUT2D eigenvalue weighted by atomic mass is 9.99. The maximum absolute atomic E-state index is 12.3. The molecule has 1 unspecified atom stereocenters. The Bertz CT molecular complexity index is 795. The minimum absolute atomic E-state index is 0.0356. The van der Waals surface area contributed by atoms with E-state index in [0.29, 0.717) is 19.7 Å². The zero-order chi connectivity index (χ0) is 20.1. The summed E-state index contributed by atoms with van der Waals surface area (Å²) >= 11 is 0. The second-order valence-electron chi connectivity index (χ2n) is 8.45. The van der Waals surface area contributed by atoms with Crippen molar-refractivity contribution in [2.75, 3.05) is 26.2 Å². The quantitative estimate of drug-likeness (QED) is 0.824. The number of fused-ring (bicyclic) bond motifs is 1. The molecule has 2 aromatic carbocycles. The highest BCUT2D eigenvalue weighted by atomic mass is 16.6. The van der Waals surface area contributed by atoms with Crippen LogP contribution >= 0.6 is 0 Å². The van der Waals surface area contributed by atoms with Gasteiger partial charge in [0.05, 0.1) is 19.3 Å². The molecule has 28 heavy (non-hydrogen) atoms. The lowest BCUT2D eigenvalue weighted by Crippen LogP contribution is -2.48. The molecule has 152 valence electrons. The summed E-state index contributed by atoms with van der Waals surface area (Å²) < 4.78 is 11.3.